The Morgan fingerprint density at radius 1 is 1.32 bits per heavy atom. The lowest BCUT2D eigenvalue weighted by Gasteiger charge is -2.18. The predicted molar refractivity (Wildman–Crippen MR) is 68.5 cm³/mol. The van der Waals surface area contributed by atoms with Crippen molar-refractivity contribution < 1.29 is 13.2 Å². The Bertz CT molecular complexity index is 414. The standard InChI is InChI=1S/C14H19F3N2/c1-9-6-11(9)8-19-13(7-18)10-2-4-12(5-3-10)14(15,16)17/h2-5,9,11,13,19H,6-8,18H2,1H3. The molecule has 0 aliphatic heterocycles. The molecule has 2 nitrogen and oxygen atoms in total. The minimum absolute atomic E-state index is 0.0740. The van der Waals surface area contributed by atoms with Crippen molar-refractivity contribution >= 4 is 0 Å². The molecular formula is C14H19F3N2. The molecule has 0 saturated heterocycles. The van der Waals surface area contributed by atoms with Crippen LogP contribution in [0.4, 0.5) is 13.2 Å². The van der Waals surface area contributed by atoms with Gasteiger partial charge in [-0.2, -0.15) is 13.2 Å². The van der Waals surface area contributed by atoms with E-state index >= 15 is 0 Å². The Balaban J connectivity index is 1.98. The fourth-order valence-corrected chi connectivity index (χ4v) is 2.22. The topological polar surface area (TPSA) is 38.0 Å². The molecule has 1 saturated carbocycles. The molecule has 1 aromatic carbocycles. The number of benzene rings is 1. The lowest BCUT2D eigenvalue weighted by molar-refractivity contribution is -0.137. The van der Waals surface area contributed by atoms with Gasteiger partial charge in [-0.25, -0.2) is 0 Å². The van der Waals surface area contributed by atoms with Gasteiger partial charge in [-0.05, 0) is 42.5 Å². The second-order valence-corrected chi connectivity index (χ2v) is 5.29. The highest BCUT2D eigenvalue weighted by Crippen LogP contribution is 2.37. The van der Waals surface area contributed by atoms with Crippen LogP contribution in [0.15, 0.2) is 24.3 Å². The molecule has 1 aliphatic carbocycles. The molecule has 1 aliphatic rings. The first-order valence-corrected chi connectivity index (χ1v) is 6.52. The van der Waals surface area contributed by atoms with Crippen molar-refractivity contribution in [2.45, 2.75) is 25.6 Å². The van der Waals surface area contributed by atoms with Crippen molar-refractivity contribution in [3.8, 4) is 0 Å². The Hall–Kier alpha value is -1.07. The van der Waals surface area contributed by atoms with E-state index in [-0.39, 0.29) is 6.04 Å². The van der Waals surface area contributed by atoms with Crippen LogP contribution >= 0.6 is 0 Å². The average Bonchev–Trinajstić information content (AvgIpc) is 3.06. The highest BCUT2D eigenvalue weighted by Gasteiger charge is 2.33. The van der Waals surface area contributed by atoms with Gasteiger partial charge in [0.05, 0.1) is 5.56 Å². The zero-order valence-corrected chi connectivity index (χ0v) is 10.9. The maximum atomic E-state index is 12.5. The van der Waals surface area contributed by atoms with Crippen LogP contribution in [0.1, 0.15) is 30.5 Å². The van der Waals surface area contributed by atoms with Crippen molar-refractivity contribution in [2.75, 3.05) is 13.1 Å². The van der Waals surface area contributed by atoms with Crippen molar-refractivity contribution in [1.82, 2.24) is 5.32 Å². The van der Waals surface area contributed by atoms with Gasteiger partial charge in [0, 0.05) is 12.6 Å². The van der Waals surface area contributed by atoms with Gasteiger partial charge in [-0.15, -0.1) is 0 Å². The van der Waals surface area contributed by atoms with Crippen molar-refractivity contribution in [2.24, 2.45) is 17.6 Å². The fourth-order valence-electron chi connectivity index (χ4n) is 2.22. The monoisotopic (exact) mass is 272 g/mol. The molecule has 19 heavy (non-hydrogen) atoms. The number of alkyl halides is 3. The molecule has 1 fully saturated rings. The summed E-state index contributed by atoms with van der Waals surface area (Å²) in [6, 6.07) is 5.15. The number of nitrogens with one attached hydrogen (secondary N) is 1. The van der Waals surface area contributed by atoms with Crippen LogP contribution in [0.25, 0.3) is 0 Å². The van der Waals surface area contributed by atoms with E-state index in [1.165, 1.54) is 18.6 Å². The van der Waals surface area contributed by atoms with Crippen LogP contribution in [0.3, 0.4) is 0 Å². The van der Waals surface area contributed by atoms with E-state index < -0.39 is 11.7 Å². The molecule has 3 unspecified atom stereocenters. The van der Waals surface area contributed by atoms with Gasteiger partial charge < -0.3 is 11.1 Å². The van der Waals surface area contributed by atoms with Crippen LogP contribution in [0.5, 0.6) is 0 Å². The quantitative estimate of drug-likeness (QED) is 0.865. The maximum absolute atomic E-state index is 12.5. The second-order valence-electron chi connectivity index (χ2n) is 5.29. The molecule has 0 radical (unpaired) electrons. The van der Waals surface area contributed by atoms with E-state index in [0.717, 1.165) is 30.2 Å². The number of nitrogens with two attached hydrogens (primary N) is 1. The zero-order chi connectivity index (χ0) is 14.0. The van der Waals surface area contributed by atoms with E-state index in [1.54, 1.807) is 0 Å². The highest BCUT2D eigenvalue weighted by atomic mass is 19.4. The summed E-state index contributed by atoms with van der Waals surface area (Å²) in [5.41, 5.74) is 5.87. The van der Waals surface area contributed by atoms with Gasteiger partial charge in [0.25, 0.3) is 0 Å². The van der Waals surface area contributed by atoms with E-state index in [1.807, 2.05) is 0 Å². The van der Waals surface area contributed by atoms with Crippen molar-refractivity contribution in [3.05, 3.63) is 35.4 Å². The van der Waals surface area contributed by atoms with E-state index in [4.69, 9.17) is 5.73 Å². The number of rotatable bonds is 5. The molecule has 5 heteroatoms. The number of hydrogen-bond donors (Lipinski definition) is 2. The SMILES string of the molecule is CC1CC1CNC(CN)c1ccc(C(F)(F)F)cc1. The Morgan fingerprint density at radius 3 is 2.32 bits per heavy atom. The molecule has 2 rings (SSSR count). The zero-order valence-electron chi connectivity index (χ0n) is 10.9. The largest absolute Gasteiger partial charge is 0.416 e. The molecule has 3 N–H and O–H groups in total. The summed E-state index contributed by atoms with van der Waals surface area (Å²) in [6.45, 7) is 3.46. The summed E-state index contributed by atoms with van der Waals surface area (Å²) in [5.74, 6) is 1.43. The van der Waals surface area contributed by atoms with E-state index in [2.05, 4.69) is 12.2 Å². The van der Waals surface area contributed by atoms with Crippen LogP contribution < -0.4 is 11.1 Å². The average molecular weight is 272 g/mol. The molecule has 0 spiro atoms. The molecule has 106 valence electrons. The van der Waals surface area contributed by atoms with Crippen molar-refractivity contribution in [1.29, 1.82) is 0 Å². The third-order valence-corrected chi connectivity index (χ3v) is 3.78. The Labute approximate surface area is 111 Å². The first-order valence-electron chi connectivity index (χ1n) is 6.52. The lowest BCUT2D eigenvalue weighted by atomic mass is 10.0. The summed E-state index contributed by atoms with van der Waals surface area (Å²) in [7, 11) is 0. The van der Waals surface area contributed by atoms with Gasteiger partial charge in [0.2, 0.25) is 0 Å². The first kappa shape index (κ1) is 14.3. The predicted octanol–water partition coefficient (Wildman–Crippen LogP) is 2.95. The highest BCUT2D eigenvalue weighted by molar-refractivity contribution is 5.27. The van der Waals surface area contributed by atoms with E-state index in [0.29, 0.717) is 12.5 Å². The van der Waals surface area contributed by atoms with Crippen molar-refractivity contribution in [3.63, 3.8) is 0 Å². The van der Waals surface area contributed by atoms with Crippen LogP contribution in [0, 0.1) is 11.8 Å². The van der Waals surface area contributed by atoms with Gasteiger partial charge in [-0.3, -0.25) is 0 Å². The minimum atomic E-state index is -4.28. The third kappa shape index (κ3) is 3.70. The second kappa shape index (κ2) is 5.51. The van der Waals surface area contributed by atoms with Crippen LogP contribution in [0.2, 0.25) is 0 Å². The normalized spacial score (nSPS) is 24.3. The van der Waals surface area contributed by atoms with Gasteiger partial charge in [-0.1, -0.05) is 19.1 Å². The lowest BCUT2D eigenvalue weighted by Crippen LogP contribution is -2.30. The summed E-state index contributed by atoms with van der Waals surface area (Å²) in [5, 5.41) is 3.33. The fraction of sp³-hybridized carbons (Fsp3) is 0.571. The summed E-state index contributed by atoms with van der Waals surface area (Å²) in [6.07, 6.45) is -3.06. The van der Waals surface area contributed by atoms with Gasteiger partial charge in [0.15, 0.2) is 0 Å². The third-order valence-electron chi connectivity index (χ3n) is 3.78. The summed E-state index contributed by atoms with van der Waals surface area (Å²) >= 11 is 0. The molecule has 0 bridgehead atoms. The van der Waals surface area contributed by atoms with Crippen LogP contribution in [-0.2, 0) is 6.18 Å². The maximum Gasteiger partial charge on any atom is 0.416 e. The Kier molecular flexibility index (Phi) is 4.16. The molecule has 0 amide bonds. The minimum Gasteiger partial charge on any atom is -0.329 e. The molecule has 1 aromatic rings. The molecule has 3 atom stereocenters. The first-order chi connectivity index (χ1) is 8.91. The number of halogens is 3. The van der Waals surface area contributed by atoms with E-state index in [9.17, 15) is 13.2 Å². The van der Waals surface area contributed by atoms with Crippen LogP contribution in [-0.4, -0.2) is 13.1 Å². The van der Waals surface area contributed by atoms with Gasteiger partial charge in [0.1, 0.15) is 0 Å². The molecular weight excluding hydrogens is 253 g/mol. The summed E-state index contributed by atoms with van der Waals surface area (Å²) in [4.78, 5) is 0. The Morgan fingerprint density at radius 2 is 1.89 bits per heavy atom. The van der Waals surface area contributed by atoms with Gasteiger partial charge >= 0.3 is 6.18 Å². The smallest absolute Gasteiger partial charge is 0.329 e. The number of hydrogen-bond acceptors (Lipinski definition) is 2. The molecule has 0 heterocycles. The molecule has 0 aromatic heterocycles. The summed E-state index contributed by atoms with van der Waals surface area (Å²) < 4.78 is 37.4.